The summed E-state index contributed by atoms with van der Waals surface area (Å²) in [7, 11) is 0. The molecule has 0 aliphatic heterocycles. The molecule has 9 aromatic carbocycles. The summed E-state index contributed by atoms with van der Waals surface area (Å²) in [6, 6.07) is 65.0. The van der Waals surface area contributed by atoms with E-state index in [1.807, 2.05) is 0 Å². The molecule has 0 aromatic heterocycles. The molecule has 0 radical (unpaired) electrons. The number of anilines is 3. The molecule has 0 saturated heterocycles. The van der Waals surface area contributed by atoms with Crippen LogP contribution >= 0.6 is 0 Å². The van der Waals surface area contributed by atoms with Gasteiger partial charge in [0.05, 0.1) is 0 Å². The number of fused-ring (bicyclic) bond motifs is 9. The zero-order valence-electron chi connectivity index (χ0n) is 28.2. The Hall–Kier alpha value is -6.18. The predicted molar refractivity (Wildman–Crippen MR) is 214 cm³/mol. The zero-order valence-corrected chi connectivity index (χ0v) is 28.2. The van der Waals surface area contributed by atoms with Gasteiger partial charge in [0.1, 0.15) is 0 Å². The van der Waals surface area contributed by atoms with Crippen LogP contribution in [0.3, 0.4) is 0 Å². The summed E-state index contributed by atoms with van der Waals surface area (Å²) in [6.45, 7) is 4.71. The first-order valence-electron chi connectivity index (χ1n) is 17.5. The molecular weight excluding hydrogens is 603 g/mol. The maximum Gasteiger partial charge on any atom is 0.0468 e. The highest BCUT2D eigenvalue weighted by Gasteiger charge is 2.35. The first-order chi connectivity index (χ1) is 24.5. The smallest absolute Gasteiger partial charge is 0.0468 e. The van der Waals surface area contributed by atoms with Crippen molar-refractivity contribution >= 4 is 60.2 Å². The van der Waals surface area contributed by atoms with Gasteiger partial charge in [0.25, 0.3) is 0 Å². The van der Waals surface area contributed by atoms with Crippen molar-refractivity contribution in [1.29, 1.82) is 0 Å². The van der Waals surface area contributed by atoms with Crippen LogP contribution in [0.4, 0.5) is 17.1 Å². The lowest BCUT2D eigenvalue weighted by Crippen LogP contribution is -2.16. The highest BCUT2D eigenvalue weighted by atomic mass is 15.1. The van der Waals surface area contributed by atoms with E-state index in [1.165, 1.54) is 76.5 Å². The highest BCUT2D eigenvalue weighted by molar-refractivity contribution is 6.17. The van der Waals surface area contributed by atoms with Crippen molar-refractivity contribution in [3.05, 3.63) is 187 Å². The molecule has 9 aromatic rings. The third kappa shape index (κ3) is 4.40. The van der Waals surface area contributed by atoms with Crippen LogP contribution in [0.5, 0.6) is 0 Å². The molecule has 0 unspecified atom stereocenters. The number of benzene rings is 9. The molecule has 0 N–H and O–H groups in total. The van der Waals surface area contributed by atoms with E-state index in [2.05, 4.69) is 195 Å². The summed E-state index contributed by atoms with van der Waals surface area (Å²) in [5.41, 5.74) is 11.2. The summed E-state index contributed by atoms with van der Waals surface area (Å²) in [5, 5.41) is 10.2. The molecule has 0 atom stereocenters. The molecule has 1 aliphatic carbocycles. The predicted octanol–water partition coefficient (Wildman–Crippen LogP) is 13.7. The maximum absolute atomic E-state index is 2.42. The number of nitrogens with zero attached hydrogens (tertiary/aromatic N) is 1. The van der Waals surface area contributed by atoms with Crippen LogP contribution in [0, 0.1) is 0 Å². The Morgan fingerprint density at radius 1 is 0.340 bits per heavy atom. The minimum absolute atomic E-state index is 0.0847. The van der Waals surface area contributed by atoms with E-state index in [0.29, 0.717) is 0 Å². The van der Waals surface area contributed by atoms with Gasteiger partial charge >= 0.3 is 0 Å². The molecule has 1 heteroatoms. The van der Waals surface area contributed by atoms with Gasteiger partial charge in [-0.2, -0.15) is 0 Å². The quantitative estimate of drug-likeness (QED) is 0.174. The molecule has 0 bridgehead atoms. The van der Waals surface area contributed by atoms with Crippen LogP contribution in [0.1, 0.15) is 25.0 Å². The van der Waals surface area contributed by atoms with Crippen LogP contribution in [-0.4, -0.2) is 0 Å². The molecular formula is C49H35N. The van der Waals surface area contributed by atoms with Crippen molar-refractivity contribution in [3.63, 3.8) is 0 Å². The Morgan fingerprint density at radius 2 is 0.900 bits per heavy atom. The molecule has 236 valence electrons. The van der Waals surface area contributed by atoms with Crippen LogP contribution in [0.15, 0.2) is 176 Å². The van der Waals surface area contributed by atoms with Crippen molar-refractivity contribution in [2.45, 2.75) is 19.3 Å². The fourth-order valence-corrected chi connectivity index (χ4v) is 8.41. The van der Waals surface area contributed by atoms with Crippen molar-refractivity contribution in [2.24, 2.45) is 0 Å². The topological polar surface area (TPSA) is 3.24 Å². The van der Waals surface area contributed by atoms with Gasteiger partial charge in [-0.1, -0.05) is 147 Å². The van der Waals surface area contributed by atoms with E-state index in [4.69, 9.17) is 0 Å². The van der Waals surface area contributed by atoms with E-state index < -0.39 is 0 Å². The number of hydrogen-bond donors (Lipinski definition) is 0. The Bertz CT molecular complexity index is 2790. The molecule has 50 heavy (non-hydrogen) atoms. The fraction of sp³-hybridized carbons (Fsp3) is 0.0612. The van der Waals surface area contributed by atoms with Gasteiger partial charge in [-0.05, 0) is 119 Å². The molecule has 0 heterocycles. The Morgan fingerprint density at radius 3 is 1.74 bits per heavy atom. The van der Waals surface area contributed by atoms with Crippen LogP contribution in [0.25, 0.3) is 65.3 Å². The Kier molecular flexibility index (Phi) is 6.29. The first kappa shape index (κ1) is 28.8. The SMILES string of the molecule is CC1(C)c2ccccc2-c2ccc(N(c3ccc(-c4ccc5ccccc5c4)cc3)c3ccc4c(ccc5c6ccccc6ccc45)c3)cc21. The zero-order chi connectivity index (χ0) is 33.4. The molecule has 10 rings (SSSR count). The summed E-state index contributed by atoms with van der Waals surface area (Å²) >= 11 is 0. The van der Waals surface area contributed by atoms with E-state index in [-0.39, 0.29) is 5.41 Å². The number of hydrogen-bond acceptors (Lipinski definition) is 1. The minimum Gasteiger partial charge on any atom is -0.310 e. The Balaban J connectivity index is 1.13. The molecule has 0 amide bonds. The van der Waals surface area contributed by atoms with Crippen LogP contribution in [-0.2, 0) is 5.41 Å². The van der Waals surface area contributed by atoms with Crippen molar-refractivity contribution in [2.75, 3.05) is 4.90 Å². The van der Waals surface area contributed by atoms with Gasteiger partial charge in [0.2, 0.25) is 0 Å². The summed E-state index contributed by atoms with van der Waals surface area (Å²) < 4.78 is 0. The van der Waals surface area contributed by atoms with Crippen molar-refractivity contribution in [3.8, 4) is 22.3 Å². The second kappa shape index (κ2) is 10.9. The van der Waals surface area contributed by atoms with Gasteiger partial charge in [0.15, 0.2) is 0 Å². The molecule has 1 nitrogen and oxygen atoms in total. The van der Waals surface area contributed by atoms with Crippen molar-refractivity contribution < 1.29 is 0 Å². The molecule has 1 aliphatic rings. The van der Waals surface area contributed by atoms with E-state index >= 15 is 0 Å². The van der Waals surface area contributed by atoms with Crippen LogP contribution in [0.2, 0.25) is 0 Å². The third-order valence-corrected chi connectivity index (χ3v) is 11.0. The van der Waals surface area contributed by atoms with Gasteiger partial charge in [0, 0.05) is 22.5 Å². The fourth-order valence-electron chi connectivity index (χ4n) is 8.41. The second-order valence-corrected chi connectivity index (χ2v) is 14.2. The largest absolute Gasteiger partial charge is 0.310 e. The summed E-state index contributed by atoms with van der Waals surface area (Å²) in [4.78, 5) is 2.42. The van der Waals surface area contributed by atoms with E-state index in [0.717, 1.165) is 17.1 Å². The number of rotatable bonds is 4. The summed E-state index contributed by atoms with van der Waals surface area (Å²) in [5.74, 6) is 0. The van der Waals surface area contributed by atoms with Gasteiger partial charge < -0.3 is 4.90 Å². The maximum atomic E-state index is 2.42. The minimum atomic E-state index is -0.0847. The summed E-state index contributed by atoms with van der Waals surface area (Å²) in [6.07, 6.45) is 0. The molecule has 0 fully saturated rings. The normalized spacial score (nSPS) is 13.2. The van der Waals surface area contributed by atoms with E-state index in [9.17, 15) is 0 Å². The van der Waals surface area contributed by atoms with Gasteiger partial charge in [-0.3, -0.25) is 0 Å². The van der Waals surface area contributed by atoms with Gasteiger partial charge in [-0.25, -0.2) is 0 Å². The Labute approximate surface area is 292 Å². The third-order valence-electron chi connectivity index (χ3n) is 11.0. The molecule has 0 spiro atoms. The van der Waals surface area contributed by atoms with E-state index in [1.54, 1.807) is 0 Å². The lowest BCUT2D eigenvalue weighted by molar-refractivity contribution is 0.660. The monoisotopic (exact) mass is 637 g/mol. The molecule has 0 saturated carbocycles. The standard InChI is InChI=1S/C49H35N/c1-49(2)47-14-8-7-13-45(47)46-28-24-40(31-48(46)49)50(38-21-17-33(18-22-38)36-16-15-32-9-3-4-11-35(32)29-36)39-23-27-42-37(30-39)20-26-43-41-12-6-5-10-34(41)19-25-44(42)43/h3-31H,1-2H3. The first-order valence-corrected chi connectivity index (χ1v) is 17.5. The highest BCUT2D eigenvalue weighted by Crippen LogP contribution is 2.51. The van der Waals surface area contributed by atoms with Crippen LogP contribution < -0.4 is 4.90 Å². The average Bonchev–Trinajstić information content (AvgIpc) is 3.40. The second-order valence-electron chi connectivity index (χ2n) is 14.2. The lowest BCUT2D eigenvalue weighted by atomic mass is 9.82. The average molecular weight is 638 g/mol. The lowest BCUT2D eigenvalue weighted by Gasteiger charge is -2.28. The van der Waals surface area contributed by atoms with Crippen molar-refractivity contribution in [1.82, 2.24) is 0 Å². The van der Waals surface area contributed by atoms with Gasteiger partial charge in [-0.15, -0.1) is 0 Å².